The van der Waals surface area contributed by atoms with Crippen molar-refractivity contribution in [2.45, 2.75) is 44.1 Å². The van der Waals surface area contributed by atoms with Crippen LogP contribution in [0.25, 0.3) is 0 Å². The van der Waals surface area contributed by atoms with Crippen LogP contribution < -0.4 is 5.32 Å². The maximum atomic E-state index is 13.3. The molecule has 3 heterocycles. The Morgan fingerprint density at radius 3 is 2.36 bits per heavy atom. The van der Waals surface area contributed by atoms with E-state index in [0.29, 0.717) is 25.9 Å². The van der Waals surface area contributed by atoms with Crippen LogP contribution in [0.3, 0.4) is 0 Å². The molecule has 1 saturated carbocycles. The van der Waals surface area contributed by atoms with E-state index in [4.69, 9.17) is 0 Å². The molecular formula is C18H27N5O2. The van der Waals surface area contributed by atoms with Gasteiger partial charge in [0.25, 0.3) is 0 Å². The van der Waals surface area contributed by atoms with Gasteiger partial charge in [0.15, 0.2) is 0 Å². The summed E-state index contributed by atoms with van der Waals surface area (Å²) in [7, 11) is 1.87. The molecule has 2 saturated heterocycles. The highest BCUT2D eigenvalue weighted by molar-refractivity contribution is 5.90. The quantitative estimate of drug-likeness (QED) is 0.891. The van der Waals surface area contributed by atoms with Crippen LogP contribution in [0.5, 0.6) is 0 Å². The van der Waals surface area contributed by atoms with E-state index >= 15 is 0 Å². The Morgan fingerprint density at radius 2 is 1.80 bits per heavy atom. The summed E-state index contributed by atoms with van der Waals surface area (Å²) >= 11 is 0. The van der Waals surface area contributed by atoms with E-state index in [1.165, 1.54) is 0 Å². The monoisotopic (exact) mass is 345 g/mol. The van der Waals surface area contributed by atoms with Gasteiger partial charge in [-0.2, -0.15) is 5.10 Å². The topological polar surface area (TPSA) is 70.5 Å². The fraction of sp³-hybridized carbons (Fsp3) is 0.722. The summed E-state index contributed by atoms with van der Waals surface area (Å²) in [5.74, 6) is 1.43. The Kier molecular flexibility index (Phi) is 4.17. The largest absolute Gasteiger partial charge is 0.354 e. The van der Waals surface area contributed by atoms with Crippen LogP contribution >= 0.6 is 0 Å². The highest BCUT2D eigenvalue weighted by Gasteiger charge is 2.46. The molecule has 7 nitrogen and oxygen atoms in total. The predicted octanol–water partition coefficient (Wildman–Crippen LogP) is 1.23. The number of rotatable bonds is 4. The third-order valence-corrected chi connectivity index (χ3v) is 5.74. The van der Waals surface area contributed by atoms with Gasteiger partial charge in [-0.1, -0.05) is 0 Å². The first-order chi connectivity index (χ1) is 12.1. The van der Waals surface area contributed by atoms with Gasteiger partial charge in [0.05, 0.1) is 0 Å². The number of hydrogen-bond donors (Lipinski definition) is 1. The predicted molar refractivity (Wildman–Crippen MR) is 93.9 cm³/mol. The average Bonchev–Trinajstić information content (AvgIpc) is 3.17. The minimum atomic E-state index is -0.640. The number of amides is 2. The summed E-state index contributed by atoms with van der Waals surface area (Å²) in [6.07, 6.45) is 7.39. The Bertz CT molecular complexity index is 652. The molecule has 3 aliphatic rings. The molecule has 25 heavy (non-hydrogen) atoms. The number of aryl methyl sites for hydroxylation is 1. The Balaban J connectivity index is 1.51. The van der Waals surface area contributed by atoms with Crippen molar-refractivity contribution >= 4 is 17.6 Å². The molecule has 2 aliphatic heterocycles. The van der Waals surface area contributed by atoms with Crippen molar-refractivity contribution in [1.82, 2.24) is 19.6 Å². The number of anilines is 1. The summed E-state index contributed by atoms with van der Waals surface area (Å²) in [5.41, 5.74) is -0.640. The molecule has 136 valence electrons. The molecule has 0 radical (unpaired) electrons. The zero-order chi connectivity index (χ0) is 17.4. The number of aromatic nitrogens is 2. The first kappa shape index (κ1) is 16.4. The zero-order valence-electron chi connectivity index (χ0n) is 14.9. The van der Waals surface area contributed by atoms with E-state index in [-0.39, 0.29) is 17.7 Å². The number of nitrogens with zero attached hydrogens (tertiary/aromatic N) is 4. The van der Waals surface area contributed by atoms with Crippen LogP contribution in [0.1, 0.15) is 38.5 Å². The molecule has 1 aromatic heterocycles. The molecule has 1 N–H and O–H groups in total. The van der Waals surface area contributed by atoms with Gasteiger partial charge in [-0.05, 0) is 38.5 Å². The molecule has 7 heteroatoms. The normalized spacial score (nSPS) is 22.9. The van der Waals surface area contributed by atoms with E-state index in [2.05, 4.69) is 10.4 Å². The first-order valence-corrected chi connectivity index (χ1v) is 9.43. The lowest BCUT2D eigenvalue weighted by atomic mass is 9.85. The van der Waals surface area contributed by atoms with E-state index in [1.54, 1.807) is 4.68 Å². The zero-order valence-corrected chi connectivity index (χ0v) is 14.9. The molecule has 1 aromatic rings. The van der Waals surface area contributed by atoms with Gasteiger partial charge in [-0.15, -0.1) is 0 Å². The summed E-state index contributed by atoms with van der Waals surface area (Å²) in [6.45, 7) is 2.98. The minimum absolute atomic E-state index is 0.175. The van der Waals surface area contributed by atoms with Gasteiger partial charge < -0.3 is 15.1 Å². The fourth-order valence-corrected chi connectivity index (χ4v) is 4.04. The van der Waals surface area contributed by atoms with Crippen LogP contribution in [-0.2, 0) is 16.6 Å². The van der Waals surface area contributed by atoms with E-state index < -0.39 is 5.54 Å². The van der Waals surface area contributed by atoms with Gasteiger partial charge >= 0.3 is 0 Å². The van der Waals surface area contributed by atoms with Gasteiger partial charge in [0.1, 0.15) is 11.4 Å². The maximum absolute atomic E-state index is 13.3. The summed E-state index contributed by atoms with van der Waals surface area (Å²) in [4.78, 5) is 29.6. The summed E-state index contributed by atoms with van der Waals surface area (Å²) < 4.78 is 1.74. The lowest BCUT2D eigenvalue weighted by Crippen LogP contribution is -2.59. The van der Waals surface area contributed by atoms with E-state index in [1.807, 2.05) is 29.1 Å². The van der Waals surface area contributed by atoms with Gasteiger partial charge in [0, 0.05) is 51.4 Å². The molecular weight excluding hydrogens is 318 g/mol. The van der Waals surface area contributed by atoms with Crippen molar-refractivity contribution in [1.29, 1.82) is 0 Å². The van der Waals surface area contributed by atoms with E-state index in [0.717, 1.165) is 44.6 Å². The van der Waals surface area contributed by atoms with Crippen molar-refractivity contribution < 1.29 is 9.59 Å². The smallest absolute Gasteiger partial charge is 0.248 e. The second-order valence-electron chi connectivity index (χ2n) is 7.68. The van der Waals surface area contributed by atoms with Crippen molar-refractivity contribution in [3.05, 3.63) is 12.3 Å². The summed E-state index contributed by atoms with van der Waals surface area (Å²) in [6, 6.07) is 1.90. The van der Waals surface area contributed by atoms with Crippen molar-refractivity contribution in [3.63, 3.8) is 0 Å². The maximum Gasteiger partial charge on any atom is 0.248 e. The van der Waals surface area contributed by atoms with E-state index in [9.17, 15) is 9.59 Å². The van der Waals surface area contributed by atoms with Gasteiger partial charge in [0.2, 0.25) is 11.8 Å². The lowest BCUT2D eigenvalue weighted by Gasteiger charge is -2.43. The van der Waals surface area contributed by atoms with Crippen molar-refractivity contribution in [3.8, 4) is 0 Å². The molecule has 3 fully saturated rings. The Morgan fingerprint density at radius 1 is 1.12 bits per heavy atom. The highest BCUT2D eigenvalue weighted by Crippen LogP contribution is 2.35. The average molecular weight is 345 g/mol. The molecule has 0 bridgehead atoms. The highest BCUT2D eigenvalue weighted by atomic mass is 16.2. The second kappa shape index (κ2) is 6.35. The Labute approximate surface area is 148 Å². The van der Waals surface area contributed by atoms with Crippen LogP contribution in [0.2, 0.25) is 0 Å². The number of nitrogens with one attached hydrogen (secondary N) is 1. The number of likely N-dealkylation sites (tertiary alicyclic amines) is 2. The SMILES string of the molecule is Cn1ccc(NC2(C(=O)N3CCCC3)CCN(C(=O)C3CC3)CC2)n1. The summed E-state index contributed by atoms with van der Waals surface area (Å²) in [5, 5.41) is 7.84. The molecule has 0 aromatic carbocycles. The molecule has 2 amide bonds. The van der Waals surface area contributed by atoms with Crippen LogP contribution in [0.15, 0.2) is 12.3 Å². The number of carbonyl (C=O) groups excluding carboxylic acids is 2. The van der Waals surface area contributed by atoms with Crippen molar-refractivity contribution in [2.24, 2.45) is 13.0 Å². The first-order valence-electron chi connectivity index (χ1n) is 9.43. The molecule has 4 rings (SSSR count). The van der Waals surface area contributed by atoms with Crippen molar-refractivity contribution in [2.75, 3.05) is 31.5 Å². The lowest BCUT2D eigenvalue weighted by molar-refractivity contribution is -0.141. The molecule has 0 atom stereocenters. The number of piperidine rings is 1. The Hall–Kier alpha value is -2.05. The molecule has 0 unspecified atom stereocenters. The standard InChI is InChI=1S/C18H27N5O2/c1-21-11-6-15(20-21)19-18(17(25)23-9-2-3-10-23)7-12-22(13-8-18)16(24)14-4-5-14/h6,11,14H,2-5,7-10,12-13H2,1H3,(H,19,20). The number of hydrogen-bond acceptors (Lipinski definition) is 4. The van der Waals surface area contributed by atoms with Gasteiger partial charge in [-0.25, -0.2) is 0 Å². The third kappa shape index (κ3) is 3.24. The second-order valence-corrected chi connectivity index (χ2v) is 7.68. The number of carbonyl (C=O) groups is 2. The minimum Gasteiger partial charge on any atom is -0.354 e. The van der Waals surface area contributed by atoms with Crippen LogP contribution in [0, 0.1) is 5.92 Å². The fourth-order valence-electron chi connectivity index (χ4n) is 4.04. The van der Waals surface area contributed by atoms with Crippen LogP contribution in [0.4, 0.5) is 5.82 Å². The third-order valence-electron chi connectivity index (χ3n) is 5.74. The van der Waals surface area contributed by atoms with Gasteiger partial charge in [-0.3, -0.25) is 14.3 Å². The molecule has 0 spiro atoms. The molecule has 1 aliphatic carbocycles. The van der Waals surface area contributed by atoms with Crippen LogP contribution in [-0.4, -0.2) is 63.1 Å².